The predicted octanol–water partition coefficient (Wildman–Crippen LogP) is 3.04. The van der Waals surface area contributed by atoms with Gasteiger partial charge in [-0.05, 0) is 29.5 Å². The van der Waals surface area contributed by atoms with Gasteiger partial charge < -0.3 is 14.4 Å². The Labute approximate surface area is 150 Å². The van der Waals surface area contributed by atoms with E-state index in [0.29, 0.717) is 11.6 Å². The molecule has 2 N–H and O–H groups in total. The summed E-state index contributed by atoms with van der Waals surface area (Å²) in [6, 6.07) is 10.00. The van der Waals surface area contributed by atoms with E-state index in [1.807, 2.05) is 24.3 Å². The van der Waals surface area contributed by atoms with Gasteiger partial charge in [0.1, 0.15) is 23.9 Å². The molecule has 0 radical (unpaired) electrons. The van der Waals surface area contributed by atoms with Crippen LogP contribution in [0.15, 0.2) is 44.9 Å². The van der Waals surface area contributed by atoms with Gasteiger partial charge in [0.2, 0.25) is 0 Å². The lowest BCUT2D eigenvalue weighted by atomic mass is 10.0. The number of aromatic hydroxyl groups is 1. The Hall–Kier alpha value is -2.11. The van der Waals surface area contributed by atoms with Gasteiger partial charge in [-0.15, -0.1) is 11.3 Å². The van der Waals surface area contributed by atoms with Crippen molar-refractivity contribution in [1.82, 2.24) is 0 Å². The summed E-state index contributed by atoms with van der Waals surface area (Å²) in [4.78, 5) is 14.9. The number of rotatable bonds is 4. The molecule has 25 heavy (non-hydrogen) atoms. The minimum absolute atomic E-state index is 0.195. The fraction of sp³-hybridized carbons (Fsp3) is 0.350. The summed E-state index contributed by atoms with van der Waals surface area (Å²) in [5.74, 6) is 0.195. The Morgan fingerprint density at radius 3 is 2.96 bits per heavy atom. The lowest BCUT2D eigenvalue weighted by molar-refractivity contribution is -0.931. The zero-order valence-corrected chi connectivity index (χ0v) is 15.1. The molecule has 1 saturated heterocycles. The number of nitrogens with one attached hydrogen (secondary N) is 1. The lowest BCUT2D eigenvalue weighted by Crippen LogP contribution is -3.08. The van der Waals surface area contributed by atoms with Gasteiger partial charge in [-0.3, -0.25) is 0 Å². The van der Waals surface area contributed by atoms with E-state index in [2.05, 4.69) is 17.5 Å². The van der Waals surface area contributed by atoms with Crippen molar-refractivity contribution in [2.24, 2.45) is 0 Å². The second kappa shape index (κ2) is 6.65. The van der Waals surface area contributed by atoms with Gasteiger partial charge >= 0.3 is 5.63 Å². The monoisotopic (exact) mass is 356 g/mol. The minimum atomic E-state index is -0.350. The molecule has 1 aromatic carbocycles. The highest BCUT2D eigenvalue weighted by Crippen LogP contribution is 2.28. The van der Waals surface area contributed by atoms with E-state index in [0.717, 1.165) is 36.0 Å². The SMILES string of the molecule is CCc1cc2c(C[NH+]3CCC[C@@H]3c3cccs3)cc(=O)oc2cc1O. The summed E-state index contributed by atoms with van der Waals surface area (Å²) in [6.45, 7) is 3.93. The Morgan fingerprint density at radius 2 is 2.20 bits per heavy atom. The van der Waals surface area contributed by atoms with Gasteiger partial charge in [0, 0.05) is 35.9 Å². The summed E-state index contributed by atoms with van der Waals surface area (Å²) >= 11 is 1.82. The quantitative estimate of drug-likeness (QED) is 0.707. The number of hydrogen-bond acceptors (Lipinski definition) is 4. The molecule has 4 rings (SSSR count). The van der Waals surface area contributed by atoms with Crippen LogP contribution in [0.2, 0.25) is 0 Å². The van der Waals surface area contributed by atoms with Gasteiger partial charge in [0.05, 0.1) is 11.4 Å². The Bertz CT molecular complexity index is 945. The van der Waals surface area contributed by atoms with E-state index in [4.69, 9.17) is 4.42 Å². The summed E-state index contributed by atoms with van der Waals surface area (Å²) < 4.78 is 5.32. The lowest BCUT2D eigenvalue weighted by Gasteiger charge is -2.21. The molecule has 3 heterocycles. The zero-order valence-electron chi connectivity index (χ0n) is 14.2. The third-order valence-electron chi connectivity index (χ3n) is 5.20. The molecule has 130 valence electrons. The number of likely N-dealkylation sites (tertiary alicyclic amines) is 1. The molecular weight excluding hydrogens is 334 g/mol. The molecule has 5 heteroatoms. The van der Waals surface area contributed by atoms with Gasteiger partial charge in [0.25, 0.3) is 0 Å². The van der Waals surface area contributed by atoms with Crippen LogP contribution in [0.3, 0.4) is 0 Å². The van der Waals surface area contributed by atoms with Crippen LogP contribution in [-0.2, 0) is 13.0 Å². The average molecular weight is 356 g/mol. The van der Waals surface area contributed by atoms with Crippen LogP contribution in [0.4, 0.5) is 0 Å². The van der Waals surface area contributed by atoms with E-state index in [1.165, 1.54) is 22.6 Å². The van der Waals surface area contributed by atoms with Crippen molar-refractivity contribution in [2.75, 3.05) is 6.54 Å². The number of fused-ring (bicyclic) bond motifs is 1. The number of benzene rings is 1. The molecule has 1 aliphatic rings. The Kier molecular flexibility index (Phi) is 4.36. The highest BCUT2D eigenvalue weighted by molar-refractivity contribution is 7.10. The van der Waals surface area contributed by atoms with Crippen LogP contribution in [0.5, 0.6) is 5.75 Å². The number of aryl methyl sites for hydroxylation is 1. The number of thiophene rings is 1. The molecule has 1 aliphatic heterocycles. The minimum Gasteiger partial charge on any atom is -0.508 e. The fourth-order valence-electron chi connectivity index (χ4n) is 3.94. The first kappa shape index (κ1) is 16.4. The molecule has 0 bridgehead atoms. The van der Waals surface area contributed by atoms with Gasteiger partial charge in [-0.2, -0.15) is 0 Å². The van der Waals surface area contributed by atoms with Crippen molar-refractivity contribution in [3.8, 4) is 5.75 Å². The largest absolute Gasteiger partial charge is 0.508 e. The topological polar surface area (TPSA) is 54.9 Å². The number of phenols is 1. The Morgan fingerprint density at radius 1 is 1.32 bits per heavy atom. The van der Waals surface area contributed by atoms with Crippen LogP contribution in [0, 0.1) is 0 Å². The molecule has 0 saturated carbocycles. The molecule has 1 unspecified atom stereocenters. The molecule has 2 aromatic heterocycles. The molecule has 3 aromatic rings. The molecule has 0 amide bonds. The number of quaternary nitrogens is 1. The molecule has 0 aliphatic carbocycles. The van der Waals surface area contributed by atoms with Gasteiger partial charge in [-0.25, -0.2) is 4.79 Å². The van der Waals surface area contributed by atoms with E-state index < -0.39 is 0 Å². The van der Waals surface area contributed by atoms with Crippen molar-refractivity contribution >= 4 is 22.3 Å². The third kappa shape index (κ3) is 3.10. The van der Waals surface area contributed by atoms with Crippen LogP contribution >= 0.6 is 11.3 Å². The van der Waals surface area contributed by atoms with Gasteiger partial charge in [-0.1, -0.05) is 13.0 Å². The van der Waals surface area contributed by atoms with Crippen molar-refractivity contribution in [1.29, 1.82) is 0 Å². The third-order valence-corrected chi connectivity index (χ3v) is 6.18. The van der Waals surface area contributed by atoms with E-state index >= 15 is 0 Å². The zero-order chi connectivity index (χ0) is 17.4. The smallest absolute Gasteiger partial charge is 0.336 e. The number of hydrogen-bond donors (Lipinski definition) is 2. The molecule has 0 spiro atoms. The second-order valence-electron chi connectivity index (χ2n) is 6.72. The van der Waals surface area contributed by atoms with Gasteiger partial charge in [0.15, 0.2) is 0 Å². The van der Waals surface area contributed by atoms with Crippen molar-refractivity contribution in [2.45, 2.75) is 38.8 Å². The Balaban J connectivity index is 1.74. The highest BCUT2D eigenvalue weighted by Gasteiger charge is 2.31. The highest BCUT2D eigenvalue weighted by atomic mass is 32.1. The standard InChI is InChI=1S/C20H21NO3S/c1-2-13-9-15-14(10-20(23)24-18(15)11-17(13)22)12-21-7-3-5-16(21)19-6-4-8-25-19/h4,6,8-11,16,22H,2-3,5,7,12H2,1H3/p+1/t16-/m1/s1. The maximum Gasteiger partial charge on any atom is 0.336 e. The summed E-state index contributed by atoms with van der Waals surface area (Å²) in [6.07, 6.45) is 3.14. The van der Waals surface area contributed by atoms with E-state index in [-0.39, 0.29) is 11.4 Å². The average Bonchev–Trinajstić information content (AvgIpc) is 3.25. The fourth-order valence-corrected chi connectivity index (χ4v) is 4.86. The summed E-state index contributed by atoms with van der Waals surface area (Å²) in [7, 11) is 0. The van der Waals surface area contributed by atoms with E-state index in [1.54, 1.807) is 12.1 Å². The first-order valence-electron chi connectivity index (χ1n) is 8.82. The number of phenolic OH excluding ortho intramolecular Hbond substituents is 1. The van der Waals surface area contributed by atoms with Crippen LogP contribution < -0.4 is 10.5 Å². The normalized spacial score (nSPS) is 20.4. The van der Waals surface area contributed by atoms with Crippen LogP contribution in [0.25, 0.3) is 11.0 Å². The first-order chi connectivity index (χ1) is 12.2. The van der Waals surface area contributed by atoms with E-state index in [9.17, 15) is 9.90 Å². The maximum absolute atomic E-state index is 12.0. The second-order valence-corrected chi connectivity index (χ2v) is 7.70. The summed E-state index contributed by atoms with van der Waals surface area (Å²) in [5.41, 5.74) is 2.02. The molecular formula is C20H22NO3S+. The summed E-state index contributed by atoms with van der Waals surface area (Å²) in [5, 5.41) is 13.2. The van der Waals surface area contributed by atoms with Crippen molar-refractivity contribution in [3.05, 3.63) is 62.1 Å². The maximum atomic E-state index is 12.0. The van der Waals surface area contributed by atoms with Crippen LogP contribution in [0.1, 0.15) is 41.8 Å². The first-order valence-corrected chi connectivity index (χ1v) is 9.70. The van der Waals surface area contributed by atoms with Crippen molar-refractivity contribution < 1.29 is 14.4 Å². The molecule has 4 nitrogen and oxygen atoms in total. The predicted molar refractivity (Wildman–Crippen MR) is 99.4 cm³/mol. The molecule has 2 atom stereocenters. The van der Waals surface area contributed by atoms with Crippen LogP contribution in [-0.4, -0.2) is 11.7 Å². The molecule has 1 fully saturated rings. The van der Waals surface area contributed by atoms with Crippen molar-refractivity contribution in [3.63, 3.8) is 0 Å².